The van der Waals surface area contributed by atoms with Crippen molar-refractivity contribution in [2.75, 3.05) is 0 Å². The van der Waals surface area contributed by atoms with Crippen LogP contribution in [0.2, 0.25) is 0 Å². The van der Waals surface area contributed by atoms with E-state index in [9.17, 15) is 0 Å². The first-order chi connectivity index (χ1) is 7.15. The molecular weight excluding hydrogens is 186 g/mol. The maximum atomic E-state index is 4.33. The minimum absolute atomic E-state index is 0.401. The van der Waals surface area contributed by atoms with E-state index in [0.29, 0.717) is 11.3 Å². The Balaban J connectivity index is 2.25. The van der Waals surface area contributed by atoms with Crippen LogP contribution < -0.4 is 0 Å². The number of hydrogen-bond acceptors (Lipinski definition) is 2. The molecule has 1 atom stereocenters. The van der Waals surface area contributed by atoms with Crippen LogP contribution in [0.5, 0.6) is 0 Å². The van der Waals surface area contributed by atoms with Gasteiger partial charge in [-0.05, 0) is 24.7 Å². The zero-order valence-corrected chi connectivity index (χ0v) is 10.0. The van der Waals surface area contributed by atoms with E-state index in [1.54, 1.807) is 0 Å². The van der Waals surface area contributed by atoms with Crippen LogP contribution in [-0.4, -0.2) is 14.8 Å². The van der Waals surface area contributed by atoms with Gasteiger partial charge in [0.1, 0.15) is 12.2 Å². The molecule has 0 aromatic carbocycles. The van der Waals surface area contributed by atoms with Gasteiger partial charge in [-0.2, -0.15) is 0 Å². The molecule has 0 amide bonds. The van der Waals surface area contributed by atoms with Crippen molar-refractivity contribution in [2.45, 2.75) is 58.9 Å². The van der Waals surface area contributed by atoms with Gasteiger partial charge in [-0.1, -0.05) is 27.2 Å². The average molecular weight is 207 g/mol. The van der Waals surface area contributed by atoms with Gasteiger partial charge in [-0.15, -0.1) is 10.2 Å². The van der Waals surface area contributed by atoms with Crippen molar-refractivity contribution >= 4 is 0 Å². The van der Waals surface area contributed by atoms with Crippen molar-refractivity contribution < 1.29 is 0 Å². The lowest BCUT2D eigenvalue weighted by Crippen LogP contribution is -2.19. The standard InChI is InChI=1S/C12H21N3/c1-4-8-15-9-13-14-11(15)10-6-5-7-12(10,2)3/h9-10H,4-8H2,1-3H3. The Hall–Kier alpha value is -0.860. The molecule has 1 aliphatic carbocycles. The molecule has 0 bridgehead atoms. The van der Waals surface area contributed by atoms with Crippen LogP contribution in [0.25, 0.3) is 0 Å². The Kier molecular flexibility index (Phi) is 2.81. The minimum Gasteiger partial charge on any atom is -0.317 e. The summed E-state index contributed by atoms with van der Waals surface area (Å²) in [4.78, 5) is 0. The minimum atomic E-state index is 0.401. The van der Waals surface area contributed by atoms with Crippen LogP contribution in [0.4, 0.5) is 0 Å². The third-order valence-electron chi connectivity index (χ3n) is 3.68. The van der Waals surface area contributed by atoms with E-state index < -0.39 is 0 Å². The number of aryl methyl sites for hydroxylation is 1. The van der Waals surface area contributed by atoms with Crippen molar-refractivity contribution in [3.8, 4) is 0 Å². The predicted molar refractivity (Wildman–Crippen MR) is 60.7 cm³/mol. The molecule has 1 fully saturated rings. The van der Waals surface area contributed by atoms with Crippen molar-refractivity contribution in [1.82, 2.24) is 14.8 Å². The molecule has 0 aliphatic heterocycles. The second-order valence-electron chi connectivity index (χ2n) is 5.32. The molecule has 0 saturated heterocycles. The summed E-state index contributed by atoms with van der Waals surface area (Å²) in [7, 11) is 0. The lowest BCUT2D eigenvalue weighted by molar-refractivity contribution is 0.314. The first-order valence-electron chi connectivity index (χ1n) is 6.03. The lowest BCUT2D eigenvalue weighted by Gasteiger charge is -2.26. The van der Waals surface area contributed by atoms with E-state index in [-0.39, 0.29) is 0 Å². The molecule has 3 nitrogen and oxygen atoms in total. The van der Waals surface area contributed by atoms with Crippen LogP contribution in [0.3, 0.4) is 0 Å². The average Bonchev–Trinajstić information content (AvgIpc) is 2.72. The fraction of sp³-hybridized carbons (Fsp3) is 0.833. The van der Waals surface area contributed by atoms with Gasteiger partial charge in [0.2, 0.25) is 0 Å². The van der Waals surface area contributed by atoms with E-state index >= 15 is 0 Å². The van der Waals surface area contributed by atoms with E-state index in [1.165, 1.54) is 25.1 Å². The highest BCUT2D eigenvalue weighted by Crippen LogP contribution is 2.47. The second-order valence-corrected chi connectivity index (χ2v) is 5.32. The van der Waals surface area contributed by atoms with Gasteiger partial charge in [0.15, 0.2) is 0 Å². The van der Waals surface area contributed by atoms with Gasteiger partial charge in [0, 0.05) is 12.5 Å². The highest BCUT2D eigenvalue weighted by atomic mass is 15.3. The number of nitrogens with zero attached hydrogens (tertiary/aromatic N) is 3. The van der Waals surface area contributed by atoms with Gasteiger partial charge >= 0.3 is 0 Å². The maximum absolute atomic E-state index is 4.33. The van der Waals surface area contributed by atoms with Crippen molar-refractivity contribution in [3.05, 3.63) is 12.2 Å². The van der Waals surface area contributed by atoms with Crippen LogP contribution >= 0.6 is 0 Å². The van der Waals surface area contributed by atoms with E-state index in [4.69, 9.17) is 0 Å². The van der Waals surface area contributed by atoms with Crippen LogP contribution in [0.1, 0.15) is 58.2 Å². The summed E-state index contributed by atoms with van der Waals surface area (Å²) in [6.07, 6.45) is 6.95. The molecule has 1 aromatic rings. The first kappa shape index (κ1) is 10.7. The molecular formula is C12H21N3. The van der Waals surface area contributed by atoms with E-state index in [2.05, 4.69) is 35.5 Å². The monoisotopic (exact) mass is 207 g/mol. The molecule has 0 N–H and O–H groups in total. The van der Waals surface area contributed by atoms with E-state index in [0.717, 1.165) is 13.0 Å². The summed E-state index contributed by atoms with van der Waals surface area (Å²) in [5.74, 6) is 1.81. The van der Waals surface area contributed by atoms with Gasteiger partial charge in [-0.25, -0.2) is 0 Å². The third-order valence-corrected chi connectivity index (χ3v) is 3.68. The molecule has 1 aromatic heterocycles. The van der Waals surface area contributed by atoms with Crippen LogP contribution in [-0.2, 0) is 6.54 Å². The number of aromatic nitrogens is 3. The topological polar surface area (TPSA) is 30.7 Å². The van der Waals surface area contributed by atoms with Gasteiger partial charge in [0.05, 0.1) is 0 Å². The Morgan fingerprint density at radius 3 is 2.93 bits per heavy atom. The Labute approximate surface area is 91.9 Å². The molecule has 15 heavy (non-hydrogen) atoms. The summed E-state index contributed by atoms with van der Waals surface area (Å²) in [6.45, 7) is 7.96. The SMILES string of the molecule is CCCn1cnnc1C1CCCC1(C)C. The fourth-order valence-corrected chi connectivity index (χ4v) is 2.75. The highest BCUT2D eigenvalue weighted by molar-refractivity contribution is 5.06. The van der Waals surface area contributed by atoms with Gasteiger partial charge in [0.25, 0.3) is 0 Å². The summed E-state index contributed by atoms with van der Waals surface area (Å²) in [6, 6.07) is 0. The highest BCUT2D eigenvalue weighted by Gasteiger charge is 2.38. The summed E-state index contributed by atoms with van der Waals surface area (Å²) in [5, 5.41) is 8.39. The quantitative estimate of drug-likeness (QED) is 0.763. The van der Waals surface area contributed by atoms with Crippen LogP contribution in [0, 0.1) is 5.41 Å². The molecule has 84 valence electrons. The molecule has 1 heterocycles. The first-order valence-corrected chi connectivity index (χ1v) is 6.03. The molecule has 1 unspecified atom stereocenters. The van der Waals surface area contributed by atoms with Crippen molar-refractivity contribution in [3.63, 3.8) is 0 Å². The van der Waals surface area contributed by atoms with Gasteiger partial charge in [-0.3, -0.25) is 0 Å². The predicted octanol–water partition coefficient (Wildman–Crippen LogP) is 2.98. The number of rotatable bonds is 3. The van der Waals surface area contributed by atoms with Crippen molar-refractivity contribution in [1.29, 1.82) is 0 Å². The van der Waals surface area contributed by atoms with Crippen LogP contribution in [0.15, 0.2) is 6.33 Å². The second kappa shape index (κ2) is 3.95. The molecule has 2 rings (SSSR count). The summed E-state index contributed by atoms with van der Waals surface area (Å²) < 4.78 is 2.23. The molecule has 1 saturated carbocycles. The normalized spacial score (nSPS) is 24.6. The number of hydrogen-bond donors (Lipinski definition) is 0. The Morgan fingerprint density at radius 2 is 2.33 bits per heavy atom. The lowest BCUT2D eigenvalue weighted by atomic mass is 9.81. The molecule has 3 heteroatoms. The molecule has 0 spiro atoms. The smallest absolute Gasteiger partial charge is 0.136 e. The molecule has 0 radical (unpaired) electrons. The summed E-state index contributed by atoms with van der Waals surface area (Å²) >= 11 is 0. The zero-order valence-electron chi connectivity index (χ0n) is 10.0. The zero-order chi connectivity index (χ0) is 10.9. The largest absolute Gasteiger partial charge is 0.317 e. The Morgan fingerprint density at radius 1 is 1.53 bits per heavy atom. The fourth-order valence-electron chi connectivity index (χ4n) is 2.75. The van der Waals surface area contributed by atoms with E-state index in [1.807, 2.05) is 6.33 Å². The van der Waals surface area contributed by atoms with Crippen molar-refractivity contribution in [2.24, 2.45) is 5.41 Å². The Bertz CT molecular complexity index is 327. The molecule has 1 aliphatic rings. The third kappa shape index (κ3) is 1.92. The summed E-state index contributed by atoms with van der Waals surface area (Å²) in [5.41, 5.74) is 0.401. The maximum Gasteiger partial charge on any atom is 0.136 e. The van der Waals surface area contributed by atoms with Gasteiger partial charge < -0.3 is 4.57 Å².